The molecule has 0 aliphatic heterocycles. The molecule has 0 heterocycles. The zero-order valence-corrected chi connectivity index (χ0v) is 11.0. The van der Waals surface area contributed by atoms with Crippen LogP contribution in [0.4, 0.5) is 0 Å². The third-order valence-electron chi connectivity index (χ3n) is 2.17. The Morgan fingerprint density at radius 3 is 2.24 bits per heavy atom. The minimum atomic E-state index is -1.07. The van der Waals surface area contributed by atoms with Gasteiger partial charge in [-0.05, 0) is 47.2 Å². The van der Waals surface area contributed by atoms with Crippen molar-refractivity contribution in [1.82, 2.24) is 0 Å². The highest BCUT2D eigenvalue weighted by Crippen LogP contribution is 2.28. The van der Waals surface area contributed by atoms with E-state index in [-0.39, 0.29) is 0 Å². The van der Waals surface area contributed by atoms with Gasteiger partial charge in [-0.25, -0.2) is 4.21 Å². The Morgan fingerprint density at radius 1 is 1.00 bits per heavy atom. The SMILES string of the molecule is COc1ccc(S[S@](=O)c2ccccc2)cc1. The van der Waals surface area contributed by atoms with Gasteiger partial charge in [0.1, 0.15) is 15.6 Å². The lowest BCUT2D eigenvalue weighted by molar-refractivity contribution is 0.414. The maximum Gasteiger partial charge on any atom is 0.118 e. The molecule has 0 bridgehead atoms. The molecule has 2 aromatic rings. The molecule has 0 amide bonds. The summed E-state index contributed by atoms with van der Waals surface area (Å²) in [6, 6.07) is 17.0. The third-order valence-corrected chi connectivity index (χ3v) is 5.05. The van der Waals surface area contributed by atoms with Crippen molar-refractivity contribution in [3.05, 3.63) is 54.6 Å². The number of ether oxygens (including phenoxy) is 1. The van der Waals surface area contributed by atoms with Gasteiger partial charge in [-0.2, -0.15) is 0 Å². The minimum Gasteiger partial charge on any atom is -0.497 e. The first-order chi connectivity index (χ1) is 8.29. The van der Waals surface area contributed by atoms with Gasteiger partial charge in [0.2, 0.25) is 0 Å². The maximum absolute atomic E-state index is 12.0. The summed E-state index contributed by atoms with van der Waals surface area (Å²) >= 11 is 0. The number of benzene rings is 2. The minimum absolute atomic E-state index is 0.805. The number of rotatable bonds is 4. The van der Waals surface area contributed by atoms with Gasteiger partial charge >= 0.3 is 0 Å². The highest BCUT2D eigenvalue weighted by molar-refractivity contribution is 8.69. The summed E-state index contributed by atoms with van der Waals surface area (Å²) in [5.74, 6) is 0.805. The van der Waals surface area contributed by atoms with E-state index in [4.69, 9.17) is 4.74 Å². The van der Waals surface area contributed by atoms with E-state index in [1.807, 2.05) is 54.6 Å². The van der Waals surface area contributed by atoms with Crippen molar-refractivity contribution in [3.63, 3.8) is 0 Å². The average Bonchev–Trinajstić information content (AvgIpc) is 2.40. The molecule has 0 aromatic heterocycles. The van der Waals surface area contributed by atoms with Crippen LogP contribution in [0, 0.1) is 0 Å². The summed E-state index contributed by atoms with van der Waals surface area (Å²) in [6.07, 6.45) is 0. The number of methoxy groups -OCH3 is 1. The van der Waals surface area contributed by atoms with Gasteiger partial charge in [-0.1, -0.05) is 18.2 Å². The number of hydrogen-bond donors (Lipinski definition) is 0. The fourth-order valence-electron chi connectivity index (χ4n) is 1.30. The molecule has 0 saturated heterocycles. The molecule has 0 spiro atoms. The van der Waals surface area contributed by atoms with Crippen LogP contribution in [0.5, 0.6) is 5.75 Å². The molecule has 0 radical (unpaired) electrons. The van der Waals surface area contributed by atoms with Crippen molar-refractivity contribution in [3.8, 4) is 5.75 Å². The van der Waals surface area contributed by atoms with Crippen LogP contribution in [0.3, 0.4) is 0 Å². The summed E-state index contributed by atoms with van der Waals surface area (Å²) in [5, 5.41) is 0. The quantitative estimate of drug-likeness (QED) is 0.790. The van der Waals surface area contributed by atoms with E-state index in [9.17, 15) is 4.21 Å². The van der Waals surface area contributed by atoms with Crippen molar-refractivity contribution in [2.24, 2.45) is 0 Å². The van der Waals surface area contributed by atoms with E-state index in [2.05, 4.69) is 0 Å². The zero-order valence-electron chi connectivity index (χ0n) is 9.33. The van der Waals surface area contributed by atoms with Crippen molar-refractivity contribution in [2.45, 2.75) is 9.79 Å². The summed E-state index contributed by atoms with van der Waals surface area (Å²) < 4.78 is 17.1. The zero-order chi connectivity index (χ0) is 12.1. The molecule has 0 saturated carbocycles. The van der Waals surface area contributed by atoms with Gasteiger partial charge in [0, 0.05) is 9.79 Å². The molecule has 2 aromatic carbocycles. The van der Waals surface area contributed by atoms with E-state index in [0.717, 1.165) is 15.5 Å². The van der Waals surface area contributed by atoms with Crippen LogP contribution < -0.4 is 4.74 Å². The van der Waals surface area contributed by atoms with Crippen molar-refractivity contribution >= 4 is 20.6 Å². The lowest BCUT2D eigenvalue weighted by atomic mass is 10.3. The molecular weight excluding hydrogens is 252 g/mol. The third kappa shape index (κ3) is 3.35. The normalized spacial score (nSPS) is 12.1. The van der Waals surface area contributed by atoms with E-state index >= 15 is 0 Å². The fourth-order valence-corrected chi connectivity index (χ4v) is 3.68. The van der Waals surface area contributed by atoms with Crippen LogP contribution in [-0.2, 0) is 9.83 Å². The maximum atomic E-state index is 12.0. The molecule has 0 N–H and O–H groups in total. The smallest absolute Gasteiger partial charge is 0.118 e. The monoisotopic (exact) mass is 264 g/mol. The molecule has 2 rings (SSSR count). The molecular formula is C13H12O2S2. The van der Waals surface area contributed by atoms with Crippen molar-refractivity contribution in [1.29, 1.82) is 0 Å². The second-order valence-electron chi connectivity index (χ2n) is 3.31. The fraction of sp³-hybridized carbons (Fsp3) is 0.0769. The summed E-state index contributed by atoms with van der Waals surface area (Å²) in [6.45, 7) is 0. The Bertz CT molecular complexity index is 495. The van der Waals surface area contributed by atoms with Crippen molar-refractivity contribution < 1.29 is 8.95 Å². The first-order valence-electron chi connectivity index (χ1n) is 5.09. The van der Waals surface area contributed by atoms with E-state index < -0.39 is 9.83 Å². The molecule has 1 atom stereocenters. The van der Waals surface area contributed by atoms with Gasteiger partial charge in [-0.3, -0.25) is 0 Å². The lowest BCUT2D eigenvalue weighted by Crippen LogP contribution is -1.85. The second-order valence-corrected chi connectivity index (χ2v) is 6.29. The molecule has 0 aliphatic carbocycles. The van der Waals surface area contributed by atoms with Crippen LogP contribution >= 0.6 is 10.8 Å². The Labute approximate surface area is 107 Å². The summed E-state index contributed by atoms with van der Waals surface area (Å²) in [4.78, 5) is 1.79. The Hall–Kier alpha value is -1.26. The molecule has 4 heteroatoms. The topological polar surface area (TPSA) is 26.3 Å². The van der Waals surface area contributed by atoms with Gasteiger partial charge in [0.15, 0.2) is 0 Å². The van der Waals surface area contributed by atoms with E-state index in [0.29, 0.717) is 0 Å². The van der Waals surface area contributed by atoms with E-state index in [1.165, 1.54) is 10.8 Å². The molecule has 17 heavy (non-hydrogen) atoms. The molecule has 2 nitrogen and oxygen atoms in total. The standard InChI is InChI=1S/C13H12O2S2/c1-15-11-7-9-12(10-8-11)16-17(14)13-5-3-2-4-6-13/h2-10H,1H3/t17-/m0/s1. The van der Waals surface area contributed by atoms with Gasteiger partial charge in [-0.15, -0.1) is 0 Å². The van der Waals surface area contributed by atoms with Crippen LogP contribution in [0.25, 0.3) is 0 Å². The van der Waals surface area contributed by atoms with Crippen molar-refractivity contribution in [2.75, 3.05) is 7.11 Å². The number of hydrogen-bond acceptors (Lipinski definition) is 3. The summed E-state index contributed by atoms with van der Waals surface area (Å²) in [5.41, 5.74) is 0. The Kier molecular flexibility index (Phi) is 4.23. The molecule has 0 fully saturated rings. The predicted molar refractivity (Wildman–Crippen MR) is 71.7 cm³/mol. The van der Waals surface area contributed by atoms with Gasteiger partial charge < -0.3 is 4.74 Å². The van der Waals surface area contributed by atoms with E-state index in [1.54, 1.807) is 7.11 Å². The van der Waals surface area contributed by atoms with Gasteiger partial charge in [0.05, 0.1) is 7.11 Å². The predicted octanol–water partition coefficient (Wildman–Crippen LogP) is 3.51. The Morgan fingerprint density at radius 2 is 1.65 bits per heavy atom. The molecule has 0 aliphatic rings. The molecule has 0 unspecified atom stereocenters. The first-order valence-corrected chi connectivity index (χ1v) is 7.57. The summed E-state index contributed by atoms with van der Waals surface area (Å²) in [7, 11) is 1.89. The van der Waals surface area contributed by atoms with Crippen LogP contribution in [0.15, 0.2) is 64.4 Å². The van der Waals surface area contributed by atoms with Crippen LogP contribution in [0.1, 0.15) is 0 Å². The first kappa shape index (κ1) is 12.2. The largest absolute Gasteiger partial charge is 0.497 e. The highest BCUT2D eigenvalue weighted by atomic mass is 33.1. The lowest BCUT2D eigenvalue weighted by Gasteiger charge is -2.03. The highest BCUT2D eigenvalue weighted by Gasteiger charge is 2.05. The van der Waals surface area contributed by atoms with Crippen LogP contribution in [-0.4, -0.2) is 11.3 Å². The average molecular weight is 264 g/mol. The Balaban J connectivity index is 2.08. The van der Waals surface area contributed by atoms with Crippen LogP contribution in [0.2, 0.25) is 0 Å². The van der Waals surface area contributed by atoms with Gasteiger partial charge in [0.25, 0.3) is 0 Å². The second kappa shape index (κ2) is 5.89. The molecule has 88 valence electrons.